The molecule has 0 aromatic heterocycles. The van der Waals surface area contributed by atoms with Gasteiger partial charge in [-0.2, -0.15) is 0 Å². The molecule has 0 saturated carbocycles. The molecule has 0 radical (unpaired) electrons. The number of rotatable bonds is 4. The maximum Gasteiger partial charge on any atom is 0.573 e. The number of urea groups is 1. The van der Waals surface area contributed by atoms with Crippen LogP contribution < -0.4 is 5.32 Å². The van der Waals surface area contributed by atoms with E-state index in [2.05, 4.69) is 17.0 Å². The molecule has 1 heterocycles. The second kappa shape index (κ2) is 11.1. The highest BCUT2D eigenvalue weighted by molar-refractivity contribution is 5.74. The third-order valence-corrected chi connectivity index (χ3v) is 4.46. The van der Waals surface area contributed by atoms with E-state index in [9.17, 15) is 18.0 Å². The van der Waals surface area contributed by atoms with Crippen molar-refractivity contribution in [2.75, 3.05) is 13.1 Å². The fraction of sp³-hybridized carbons (Fsp3) is 0.737. The van der Waals surface area contributed by atoms with Crippen molar-refractivity contribution in [1.82, 2.24) is 10.2 Å². The molecular formula is C19H31F3N2O2. The molecular weight excluding hydrogens is 345 g/mol. The Hall–Kier alpha value is -1.66. The Labute approximate surface area is 154 Å². The molecule has 1 aliphatic carbocycles. The van der Waals surface area contributed by atoms with Gasteiger partial charge in [-0.3, -0.25) is 0 Å². The maximum absolute atomic E-state index is 12.3. The molecule has 2 aliphatic rings. The molecule has 4 nitrogen and oxygen atoms in total. The lowest BCUT2D eigenvalue weighted by Gasteiger charge is -2.32. The van der Waals surface area contributed by atoms with Crippen molar-refractivity contribution in [3.63, 3.8) is 0 Å². The molecule has 0 spiro atoms. The Bertz CT molecular complexity index is 482. The molecule has 1 fully saturated rings. The van der Waals surface area contributed by atoms with E-state index in [0.717, 1.165) is 25.9 Å². The summed E-state index contributed by atoms with van der Waals surface area (Å²) in [6, 6.07) is -0.420. The van der Waals surface area contributed by atoms with Gasteiger partial charge in [-0.1, -0.05) is 39.7 Å². The topological polar surface area (TPSA) is 41.6 Å². The van der Waals surface area contributed by atoms with Crippen LogP contribution in [0.2, 0.25) is 0 Å². The zero-order valence-electron chi connectivity index (χ0n) is 15.9. The third-order valence-electron chi connectivity index (χ3n) is 4.46. The van der Waals surface area contributed by atoms with Crippen LogP contribution in [0.25, 0.3) is 0 Å². The minimum Gasteiger partial charge on any atom is -0.406 e. The molecule has 0 bridgehead atoms. The molecule has 26 heavy (non-hydrogen) atoms. The van der Waals surface area contributed by atoms with Crippen LogP contribution in [0.15, 0.2) is 24.0 Å². The van der Waals surface area contributed by atoms with Crippen molar-refractivity contribution in [2.24, 2.45) is 5.92 Å². The third kappa shape index (κ3) is 8.15. The van der Waals surface area contributed by atoms with Crippen LogP contribution in [0, 0.1) is 5.92 Å². The van der Waals surface area contributed by atoms with Crippen LogP contribution in [-0.2, 0) is 4.74 Å². The predicted octanol–water partition coefficient (Wildman–Crippen LogP) is 5.37. The van der Waals surface area contributed by atoms with Crippen molar-refractivity contribution in [2.45, 2.75) is 71.7 Å². The van der Waals surface area contributed by atoms with Crippen LogP contribution in [0.4, 0.5) is 18.0 Å². The smallest absolute Gasteiger partial charge is 0.406 e. The lowest BCUT2D eigenvalue weighted by Crippen LogP contribution is -2.47. The van der Waals surface area contributed by atoms with Gasteiger partial charge in [0.05, 0.1) is 0 Å². The van der Waals surface area contributed by atoms with E-state index in [-0.39, 0.29) is 17.8 Å². The zero-order valence-corrected chi connectivity index (χ0v) is 15.9. The number of piperidine rings is 1. The number of carbonyl (C=O) groups excluding carboxylic acids is 1. The molecule has 2 rings (SSSR count). The minimum absolute atomic E-state index is 0.139. The van der Waals surface area contributed by atoms with Gasteiger partial charge in [-0.15, -0.1) is 13.2 Å². The van der Waals surface area contributed by atoms with Gasteiger partial charge in [0.1, 0.15) is 5.76 Å². The number of hydrogen-bond donors (Lipinski definition) is 1. The van der Waals surface area contributed by atoms with Crippen molar-refractivity contribution in [3.05, 3.63) is 24.0 Å². The Morgan fingerprint density at radius 1 is 1.27 bits per heavy atom. The van der Waals surface area contributed by atoms with E-state index >= 15 is 0 Å². The molecule has 2 amide bonds. The van der Waals surface area contributed by atoms with E-state index in [1.54, 1.807) is 11.0 Å². The van der Waals surface area contributed by atoms with E-state index in [0.29, 0.717) is 18.8 Å². The normalized spacial score (nSPS) is 21.2. The van der Waals surface area contributed by atoms with Gasteiger partial charge in [-0.25, -0.2) is 4.79 Å². The summed E-state index contributed by atoms with van der Waals surface area (Å²) in [5.74, 6) is 0.475. The van der Waals surface area contributed by atoms with Crippen molar-refractivity contribution in [1.29, 1.82) is 0 Å². The van der Waals surface area contributed by atoms with E-state index in [1.807, 2.05) is 13.8 Å². The second-order valence-electron chi connectivity index (χ2n) is 6.37. The second-order valence-corrected chi connectivity index (χ2v) is 6.37. The fourth-order valence-corrected chi connectivity index (χ4v) is 3.19. The molecule has 1 aliphatic heterocycles. The largest absolute Gasteiger partial charge is 0.573 e. The average Bonchev–Trinajstić information content (AvgIpc) is 2.81. The van der Waals surface area contributed by atoms with Crippen LogP contribution in [0.3, 0.4) is 0 Å². The number of carbonyl (C=O) groups is 1. The summed E-state index contributed by atoms with van der Waals surface area (Å²) in [5.41, 5.74) is 0. The molecule has 7 heteroatoms. The van der Waals surface area contributed by atoms with Crippen LogP contribution in [0.5, 0.6) is 0 Å². The number of likely N-dealkylation sites (tertiary alicyclic amines) is 1. The van der Waals surface area contributed by atoms with Crippen LogP contribution in [-0.4, -0.2) is 36.4 Å². The standard InChI is InChI=1S/C17H25F3N2O2.C2H6/c1-2-4-13-9-11-22(12-10-13)16(23)21-14-5-3-6-15(8-7-14)24-17(18,19)20;1-2/h6-8,13-14H,2-5,9-12H2,1H3,(H,21,23);1-2H3. The highest BCUT2D eigenvalue weighted by Crippen LogP contribution is 2.24. The zero-order chi connectivity index (χ0) is 19.6. The quantitative estimate of drug-likeness (QED) is 0.716. The Morgan fingerprint density at radius 3 is 2.50 bits per heavy atom. The van der Waals surface area contributed by atoms with E-state index < -0.39 is 6.36 Å². The number of nitrogens with one attached hydrogen (secondary N) is 1. The number of hydrogen-bond acceptors (Lipinski definition) is 2. The summed E-state index contributed by atoms with van der Waals surface area (Å²) in [5, 5.41) is 2.89. The van der Waals surface area contributed by atoms with Crippen molar-refractivity contribution in [3.8, 4) is 0 Å². The van der Waals surface area contributed by atoms with Gasteiger partial charge >= 0.3 is 12.4 Å². The van der Waals surface area contributed by atoms with Crippen molar-refractivity contribution >= 4 is 6.03 Å². The summed E-state index contributed by atoms with van der Waals surface area (Å²) in [6.07, 6.45) is 4.92. The van der Waals surface area contributed by atoms with Gasteiger partial charge < -0.3 is 15.0 Å². The molecule has 1 atom stereocenters. The highest BCUT2D eigenvalue weighted by Gasteiger charge is 2.32. The molecule has 0 aromatic carbocycles. The first-order chi connectivity index (χ1) is 12.4. The van der Waals surface area contributed by atoms with E-state index in [1.165, 1.54) is 25.0 Å². The van der Waals surface area contributed by atoms with Gasteiger partial charge in [-0.05, 0) is 43.8 Å². The van der Waals surface area contributed by atoms with Gasteiger partial charge in [0.15, 0.2) is 0 Å². The van der Waals surface area contributed by atoms with E-state index in [4.69, 9.17) is 0 Å². The Kier molecular flexibility index (Phi) is 9.59. The fourth-order valence-electron chi connectivity index (χ4n) is 3.19. The monoisotopic (exact) mass is 376 g/mol. The number of ether oxygens (including phenoxy) is 1. The molecule has 1 N–H and O–H groups in total. The first kappa shape index (κ1) is 22.4. The van der Waals surface area contributed by atoms with Crippen LogP contribution >= 0.6 is 0 Å². The Morgan fingerprint density at radius 2 is 1.92 bits per heavy atom. The molecule has 0 aromatic rings. The first-order valence-corrected chi connectivity index (χ1v) is 9.57. The lowest BCUT2D eigenvalue weighted by molar-refractivity contribution is -0.303. The van der Waals surface area contributed by atoms with Crippen LogP contribution in [0.1, 0.15) is 59.3 Å². The lowest BCUT2D eigenvalue weighted by atomic mass is 9.93. The van der Waals surface area contributed by atoms with Gasteiger partial charge in [0, 0.05) is 19.1 Å². The number of amides is 2. The van der Waals surface area contributed by atoms with Crippen molar-refractivity contribution < 1.29 is 22.7 Å². The SMILES string of the molecule is CC.CCCC1CCN(C(=O)NC2C=CC(OC(F)(F)F)=CCC2)CC1. The first-order valence-electron chi connectivity index (χ1n) is 9.57. The maximum atomic E-state index is 12.3. The number of halogens is 3. The minimum atomic E-state index is -4.69. The summed E-state index contributed by atoms with van der Waals surface area (Å²) in [7, 11) is 0. The molecule has 150 valence electrons. The summed E-state index contributed by atoms with van der Waals surface area (Å²) in [4.78, 5) is 14.1. The van der Waals surface area contributed by atoms with Gasteiger partial charge in [0.25, 0.3) is 0 Å². The van der Waals surface area contributed by atoms with Gasteiger partial charge in [0.2, 0.25) is 0 Å². The predicted molar refractivity (Wildman–Crippen MR) is 96.5 cm³/mol. The highest BCUT2D eigenvalue weighted by atomic mass is 19.4. The number of nitrogens with zero attached hydrogens (tertiary/aromatic N) is 1. The summed E-state index contributed by atoms with van der Waals surface area (Å²) in [6.45, 7) is 7.66. The molecule has 1 saturated heterocycles. The molecule has 1 unspecified atom stereocenters. The average molecular weight is 376 g/mol. The number of alkyl halides is 3. The number of allylic oxidation sites excluding steroid dienone is 2. The summed E-state index contributed by atoms with van der Waals surface area (Å²) >= 11 is 0. The summed E-state index contributed by atoms with van der Waals surface area (Å²) < 4.78 is 40.6. The Balaban J connectivity index is 0.00000163.